The third kappa shape index (κ3) is 8.31. The molecular weight excluding hydrogens is 202 g/mol. The SMILES string of the molecule is COCCOCCOC(=O)C(N)COC. The Hall–Kier alpha value is -0.690. The second-order valence-electron chi connectivity index (χ2n) is 2.83. The van der Waals surface area contributed by atoms with Crippen LogP contribution in [0.1, 0.15) is 0 Å². The van der Waals surface area contributed by atoms with Crippen LogP contribution < -0.4 is 5.73 Å². The summed E-state index contributed by atoms with van der Waals surface area (Å²) >= 11 is 0. The van der Waals surface area contributed by atoms with Crippen molar-refractivity contribution in [2.45, 2.75) is 6.04 Å². The van der Waals surface area contributed by atoms with Crippen molar-refractivity contribution in [3.63, 3.8) is 0 Å². The molecule has 0 amide bonds. The van der Waals surface area contributed by atoms with Gasteiger partial charge in [-0.15, -0.1) is 0 Å². The Balaban J connectivity index is 3.30. The van der Waals surface area contributed by atoms with Crippen molar-refractivity contribution in [1.29, 1.82) is 0 Å². The van der Waals surface area contributed by atoms with Crippen molar-refractivity contribution in [2.24, 2.45) is 5.73 Å². The minimum atomic E-state index is -0.728. The van der Waals surface area contributed by atoms with Crippen molar-refractivity contribution in [3.05, 3.63) is 0 Å². The fourth-order valence-corrected chi connectivity index (χ4v) is 0.800. The van der Waals surface area contributed by atoms with E-state index >= 15 is 0 Å². The lowest BCUT2D eigenvalue weighted by Crippen LogP contribution is -2.36. The van der Waals surface area contributed by atoms with Gasteiger partial charge in [0.05, 0.1) is 26.4 Å². The summed E-state index contributed by atoms with van der Waals surface area (Å²) in [6, 6.07) is -0.728. The van der Waals surface area contributed by atoms with Crippen molar-refractivity contribution in [1.82, 2.24) is 0 Å². The summed E-state index contributed by atoms with van der Waals surface area (Å²) in [7, 11) is 3.06. The molecule has 0 aliphatic carbocycles. The zero-order valence-electron chi connectivity index (χ0n) is 9.23. The molecule has 0 bridgehead atoms. The maximum Gasteiger partial charge on any atom is 0.325 e. The van der Waals surface area contributed by atoms with Crippen LogP contribution in [0, 0.1) is 0 Å². The Kier molecular flexibility index (Phi) is 9.40. The molecule has 0 aliphatic rings. The molecule has 0 aromatic rings. The van der Waals surface area contributed by atoms with Gasteiger partial charge in [-0.25, -0.2) is 0 Å². The first-order valence-electron chi connectivity index (χ1n) is 4.70. The first-order valence-corrected chi connectivity index (χ1v) is 4.70. The average molecular weight is 221 g/mol. The van der Waals surface area contributed by atoms with Gasteiger partial charge in [0.25, 0.3) is 0 Å². The average Bonchev–Trinajstić information content (AvgIpc) is 2.23. The zero-order chi connectivity index (χ0) is 11.5. The highest BCUT2D eigenvalue weighted by Crippen LogP contribution is 1.87. The Morgan fingerprint density at radius 1 is 1.13 bits per heavy atom. The van der Waals surface area contributed by atoms with Crippen LogP contribution in [-0.2, 0) is 23.7 Å². The quantitative estimate of drug-likeness (QED) is 0.404. The van der Waals surface area contributed by atoms with Crippen molar-refractivity contribution >= 4 is 5.97 Å². The maximum atomic E-state index is 11.1. The van der Waals surface area contributed by atoms with Gasteiger partial charge in [-0.3, -0.25) is 4.79 Å². The topological polar surface area (TPSA) is 80.0 Å². The molecule has 0 aliphatic heterocycles. The highest BCUT2D eigenvalue weighted by atomic mass is 16.6. The fourth-order valence-electron chi connectivity index (χ4n) is 0.800. The molecule has 0 saturated heterocycles. The molecule has 1 atom stereocenters. The van der Waals surface area contributed by atoms with Crippen LogP contribution >= 0.6 is 0 Å². The molecule has 0 fully saturated rings. The largest absolute Gasteiger partial charge is 0.462 e. The van der Waals surface area contributed by atoms with Crippen LogP contribution in [0.4, 0.5) is 0 Å². The van der Waals surface area contributed by atoms with Crippen molar-refractivity contribution < 1.29 is 23.7 Å². The molecule has 90 valence electrons. The van der Waals surface area contributed by atoms with E-state index in [1.54, 1.807) is 7.11 Å². The van der Waals surface area contributed by atoms with Gasteiger partial charge in [-0.05, 0) is 0 Å². The number of nitrogens with two attached hydrogens (primary N) is 1. The summed E-state index contributed by atoms with van der Waals surface area (Å²) in [5, 5.41) is 0. The Bertz CT molecular complexity index is 165. The molecule has 0 heterocycles. The molecule has 6 heteroatoms. The second kappa shape index (κ2) is 9.85. The second-order valence-corrected chi connectivity index (χ2v) is 2.83. The number of rotatable bonds is 9. The van der Waals surface area contributed by atoms with E-state index in [1.165, 1.54) is 7.11 Å². The molecule has 0 saturated carbocycles. The third-order valence-corrected chi connectivity index (χ3v) is 1.55. The summed E-state index contributed by atoms with van der Waals surface area (Å²) in [5.74, 6) is -0.479. The lowest BCUT2D eigenvalue weighted by Gasteiger charge is -2.10. The van der Waals surface area contributed by atoms with Gasteiger partial charge in [0.2, 0.25) is 0 Å². The van der Waals surface area contributed by atoms with Crippen LogP contribution in [0.5, 0.6) is 0 Å². The molecular formula is C9H19NO5. The highest BCUT2D eigenvalue weighted by molar-refractivity contribution is 5.75. The Morgan fingerprint density at radius 3 is 2.40 bits per heavy atom. The van der Waals surface area contributed by atoms with E-state index < -0.39 is 12.0 Å². The number of carbonyl (C=O) groups excluding carboxylic acids is 1. The van der Waals surface area contributed by atoms with E-state index in [0.29, 0.717) is 19.8 Å². The third-order valence-electron chi connectivity index (χ3n) is 1.55. The molecule has 1 unspecified atom stereocenters. The molecule has 0 aromatic carbocycles. The summed E-state index contributed by atoms with van der Waals surface area (Å²) in [6.07, 6.45) is 0. The van der Waals surface area contributed by atoms with E-state index in [2.05, 4.69) is 0 Å². The minimum Gasteiger partial charge on any atom is -0.462 e. The number of hydrogen-bond donors (Lipinski definition) is 1. The number of ether oxygens (including phenoxy) is 4. The van der Waals surface area contributed by atoms with Crippen molar-refractivity contribution in [3.8, 4) is 0 Å². The number of hydrogen-bond acceptors (Lipinski definition) is 6. The first-order chi connectivity index (χ1) is 7.22. The Labute approximate surface area is 89.6 Å². The van der Waals surface area contributed by atoms with E-state index in [1.807, 2.05) is 0 Å². The number of esters is 1. The van der Waals surface area contributed by atoms with Crippen LogP contribution in [0.3, 0.4) is 0 Å². The predicted octanol–water partition coefficient (Wildman–Crippen LogP) is -0.834. The summed E-state index contributed by atoms with van der Waals surface area (Å²) in [4.78, 5) is 11.1. The fraction of sp³-hybridized carbons (Fsp3) is 0.889. The van der Waals surface area contributed by atoms with Crippen LogP contribution in [0.25, 0.3) is 0 Å². The smallest absolute Gasteiger partial charge is 0.325 e. The number of methoxy groups -OCH3 is 2. The summed E-state index contributed by atoms with van der Waals surface area (Å²) in [5.41, 5.74) is 5.43. The van der Waals surface area contributed by atoms with Gasteiger partial charge in [0, 0.05) is 14.2 Å². The van der Waals surface area contributed by atoms with Crippen LogP contribution in [-0.4, -0.2) is 59.3 Å². The van der Waals surface area contributed by atoms with E-state index in [0.717, 1.165) is 0 Å². The summed E-state index contributed by atoms with van der Waals surface area (Å²) in [6.45, 7) is 1.70. The molecule has 0 aromatic heterocycles. The molecule has 2 N–H and O–H groups in total. The zero-order valence-corrected chi connectivity index (χ0v) is 9.23. The van der Waals surface area contributed by atoms with Gasteiger partial charge < -0.3 is 24.7 Å². The maximum absolute atomic E-state index is 11.1. The van der Waals surface area contributed by atoms with E-state index in [9.17, 15) is 4.79 Å². The Morgan fingerprint density at radius 2 is 1.80 bits per heavy atom. The highest BCUT2D eigenvalue weighted by Gasteiger charge is 2.13. The summed E-state index contributed by atoms with van der Waals surface area (Å²) < 4.78 is 19.4. The molecule has 0 spiro atoms. The standard InChI is InChI=1S/C9H19NO5/c1-12-3-4-14-5-6-15-9(11)8(10)7-13-2/h8H,3-7,10H2,1-2H3. The lowest BCUT2D eigenvalue weighted by molar-refractivity contribution is -0.148. The van der Waals surface area contributed by atoms with Gasteiger partial charge in [0.1, 0.15) is 12.6 Å². The monoisotopic (exact) mass is 221 g/mol. The van der Waals surface area contributed by atoms with Gasteiger partial charge >= 0.3 is 5.97 Å². The predicted molar refractivity (Wildman–Crippen MR) is 53.5 cm³/mol. The minimum absolute atomic E-state index is 0.156. The van der Waals surface area contributed by atoms with E-state index in [-0.39, 0.29) is 13.2 Å². The van der Waals surface area contributed by atoms with Crippen molar-refractivity contribution in [2.75, 3.05) is 47.3 Å². The molecule has 15 heavy (non-hydrogen) atoms. The molecule has 0 rings (SSSR count). The van der Waals surface area contributed by atoms with E-state index in [4.69, 9.17) is 24.7 Å². The molecule has 6 nitrogen and oxygen atoms in total. The van der Waals surface area contributed by atoms with Gasteiger partial charge in [-0.2, -0.15) is 0 Å². The van der Waals surface area contributed by atoms with Gasteiger partial charge in [0.15, 0.2) is 0 Å². The normalized spacial score (nSPS) is 12.5. The van der Waals surface area contributed by atoms with Crippen LogP contribution in [0.2, 0.25) is 0 Å². The first kappa shape index (κ1) is 14.3. The van der Waals surface area contributed by atoms with Crippen LogP contribution in [0.15, 0.2) is 0 Å². The number of carbonyl (C=O) groups is 1. The lowest BCUT2D eigenvalue weighted by atomic mass is 10.3. The molecule has 0 radical (unpaired) electrons. The van der Waals surface area contributed by atoms with Gasteiger partial charge in [-0.1, -0.05) is 0 Å².